The minimum Gasteiger partial charge on any atom is -0.322 e. The molecule has 3 aromatic carbocycles. The summed E-state index contributed by atoms with van der Waals surface area (Å²) in [5, 5.41) is 9.25. The van der Waals surface area contributed by atoms with Gasteiger partial charge in [0.25, 0.3) is 5.91 Å². The zero-order valence-corrected chi connectivity index (χ0v) is 15.5. The Kier molecular flexibility index (Phi) is 5.96. The molecule has 0 aliphatic heterocycles. The Morgan fingerprint density at radius 1 is 0.630 bits per heavy atom. The van der Waals surface area contributed by atoms with Crippen LogP contribution in [0.1, 0.15) is 10.4 Å². The van der Waals surface area contributed by atoms with Crippen molar-refractivity contribution in [1.29, 1.82) is 0 Å². The molecule has 7 heteroatoms. The molecule has 0 aromatic heterocycles. The van der Waals surface area contributed by atoms with Crippen molar-refractivity contribution >= 4 is 52.2 Å². The molecule has 0 spiro atoms. The van der Waals surface area contributed by atoms with Crippen molar-refractivity contribution in [1.82, 2.24) is 0 Å². The Hall–Kier alpha value is -3.02. The van der Waals surface area contributed by atoms with E-state index in [-0.39, 0.29) is 5.91 Å². The number of benzene rings is 3. The van der Waals surface area contributed by atoms with E-state index in [1.54, 1.807) is 72.8 Å². The van der Waals surface area contributed by atoms with E-state index in [0.717, 1.165) is 0 Å². The van der Waals surface area contributed by atoms with E-state index in [4.69, 9.17) is 23.2 Å². The van der Waals surface area contributed by atoms with Crippen LogP contribution < -0.4 is 16.0 Å². The van der Waals surface area contributed by atoms with Crippen LogP contribution in [0.5, 0.6) is 0 Å². The van der Waals surface area contributed by atoms with Gasteiger partial charge in [-0.05, 0) is 60.7 Å². The van der Waals surface area contributed by atoms with Gasteiger partial charge < -0.3 is 16.0 Å². The van der Waals surface area contributed by atoms with Crippen LogP contribution in [0.15, 0.2) is 72.8 Å². The second-order valence-electron chi connectivity index (χ2n) is 5.63. The van der Waals surface area contributed by atoms with Crippen LogP contribution >= 0.6 is 23.2 Å². The van der Waals surface area contributed by atoms with Gasteiger partial charge in [0, 0.05) is 32.7 Å². The quantitative estimate of drug-likeness (QED) is 0.511. The molecule has 136 valence electrons. The molecule has 3 rings (SSSR count). The molecule has 0 aliphatic carbocycles. The second kappa shape index (κ2) is 8.58. The molecule has 0 saturated carbocycles. The number of urea groups is 1. The van der Waals surface area contributed by atoms with Gasteiger partial charge in [-0.15, -0.1) is 0 Å². The fourth-order valence-electron chi connectivity index (χ4n) is 2.33. The van der Waals surface area contributed by atoms with E-state index in [2.05, 4.69) is 16.0 Å². The van der Waals surface area contributed by atoms with Crippen LogP contribution in [0.2, 0.25) is 10.0 Å². The Balaban J connectivity index is 1.65. The lowest BCUT2D eigenvalue weighted by Gasteiger charge is -2.10. The molecule has 0 heterocycles. The normalized spacial score (nSPS) is 10.1. The van der Waals surface area contributed by atoms with Gasteiger partial charge in [-0.1, -0.05) is 35.3 Å². The number of carbonyl (C=O) groups excluding carboxylic acids is 2. The van der Waals surface area contributed by atoms with Gasteiger partial charge in [0.05, 0.1) is 0 Å². The molecule has 0 unspecified atom stereocenters. The van der Waals surface area contributed by atoms with E-state index in [1.165, 1.54) is 0 Å². The van der Waals surface area contributed by atoms with Crippen LogP contribution in [0.4, 0.5) is 21.9 Å². The molecule has 0 atom stereocenters. The number of rotatable bonds is 4. The summed E-state index contributed by atoms with van der Waals surface area (Å²) in [6.45, 7) is 0. The maximum absolute atomic E-state index is 12.4. The third kappa shape index (κ3) is 5.48. The van der Waals surface area contributed by atoms with E-state index >= 15 is 0 Å². The maximum atomic E-state index is 12.4. The maximum Gasteiger partial charge on any atom is 0.323 e. The highest BCUT2D eigenvalue weighted by Gasteiger charge is 2.09. The highest BCUT2D eigenvalue weighted by atomic mass is 35.5. The van der Waals surface area contributed by atoms with Crippen molar-refractivity contribution in [2.24, 2.45) is 0 Å². The molecule has 0 saturated heterocycles. The standard InChI is InChI=1S/C20H15Cl2N3O2/c21-14-7-9-16(10-8-14)24-20(27)25-17-5-1-3-13(11-17)19(26)23-18-6-2-4-15(22)12-18/h1-12H,(H,23,26)(H2,24,25,27). The predicted molar refractivity (Wildman–Crippen MR) is 110 cm³/mol. The monoisotopic (exact) mass is 399 g/mol. The molecular formula is C20H15Cl2N3O2. The Morgan fingerprint density at radius 3 is 1.96 bits per heavy atom. The smallest absolute Gasteiger partial charge is 0.322 e. The number of hydrogen-bond donors (Lipinski definition) is 3. The molecule has 3 N–H and O–H groups in total. The van der Waals surface area contributed by atoms with Crippen LogP contribution in [0.25, 0.3) is 0 Å². The molecule has 0 aliphatic rings. The predicted octanol–water partition coefficient (Wildman–Crippen LogP) is 5.89. The summed E-state index contributed by atoms with van der Waals surface area (Å²) in [4.78, 5) is 24.5. The lowest BCUT2D eigenvalue weighted by molar-refractivity contribution is 0.102. The SMILES string of the molecule is O=C(Nc1ccc(Cl)cc1)Nc1cccc(C(=O)Nc2cccc(Cl)c2)c1. The lowest BCUT2D eigenvalue weighted by atomic mass is 10.2. The average molecular weight is 400 g/mol. The van der Waals surface area contributed by atoms with Crippen LogP contribution in [-0.4, -0.2) is 11.9 Å². The van der Waals surface area contributed by atoms with Crippen molar-refractivity contribution in [3.05, 3.63) is 88.4 Å². The van der Waals surface area contributed by atoms with Gasteiger partial charge >= 0.3 is 6.03 Å². The number of anilines is 3. The molecule has 3 aromatic rings. The largest absolute Gasteiger partial charge is 0.323 e. The molecule has 3 amide bonds. The van der Waals surface area contributed by atoms with E-state index in [9.17, 15) is 9.59 Å². The van der Waals surface area contributed by atoms with E-state index in [0.29, 0.717) is 32.7 Å². The first-order chi connectivity index (χ1) is 13.0. The Labute approximate surface area is 166 Å². The van der Waals surface area contributed by atoms with E-state index in [1.807, 2.05) is 0 Å². The molecular weight excluding hydrogens is 385 g/mol. The summed E-state index contributed by atoms with van der Waals surface area (Å²) in [5.74, 6) is -0.306. The van der Waals surface area contributed by atoms with Crippen LogP contribution in [0, 0.1) is 0 Å². The van der Waals surface area contributed by atoms with Crippen molar-refractivity contribution in [2.75, 3.05) is 16.0 Å². The second-order valence-corrected chi connectivity index (χ2v) is 6.50. The summed E-state index contributed by atoms with van der Waals surface area (Å²) in [7, 11) is 0. The Bertz CT molecular complexity index is 975. The third-order valence-electron chi connectivity index (χ3n) is 3.57. The molecule has 0 radical (unpaired) electrons. The first-order valence-electron chi connectivity index (χ1n) is 8.00. The molecule has 0 fully saturated rings. The number of halogens is 2. The minimum atomic E-state index is -0.426. The summed E-state index contributed by atoms with van der Waals surface area (Å²) in [6, 6.07) is 19.8. The van der Waals surface area contributed by atoms with Crippen LogP contribution in [-0.2, 0) is 0 Å². The average Bonchev–Trinajstić information content (AvgIpc) is 2.64. The van der Waals surface area contributed by atoms with Gasteiger partial charge in [-0.25, -0.2) is 4.79 Å². The topological polar surface area (TPSA) is 70.2 Å². The number of nitrogens with one attached hydrogen (secondary N) is 3. The zero-order valence-electron chi connectivity index (χ0n) is 14.0. The third-order valence-corrected chi connectivity index (χ3v) is 4.05. The first-order valence-corrected chi connectivity index (χ1v) is 8.76. The Morgan fingerprint density at radius 2 is 1.26 bits per heavy atom. The molecule has 27 heavy (non-hydrogen) atoms. The summed E-state index contributed by atoms with van der Waals surface area (Å²) in [5.41, 5.74) is 2.08. The number of hydrogen-bond acceptors (Lipinski definition) is 2. The van der Waals surface area contributed by atoms with Gasteiger partial charge in [0.15, 0.2) is 0 Å². The molecule has 5 nitrogen and oxygen atoms in total. The molecule has 0 bridgehead atoms. The van der Waals surface area contributed by atoms with Gasteiger partial charge in [-0.3, -0.25) is 4.79 Å². The van der Waals surface area contributed by atoms with Crippen molar-refractivity contribution < 1.29 is 9.59 Å². The number of amides is 3. The van der Waals surface area contributed by atoms with Crippen molar-refractivity contribution in [2.45, 2.75) is 0 Å². The van der Waals surface area contributed by atoms with Gasteiger partial charge in [0.1, 0.15) is 0 Å². The fourth-order valence-corrected chi connectivity index (χ4v) is 2.65. The highest BCUT2D eigenvalue weighted by Crippen LogP contribution is 2.18. The highest BCUT2D eigenvalue weighted by molar-refractivity contribution is 6.31. The van der Waals surface area contributed by atoms with Crippen LogP contribution in [0.3, 0.4) is 0 Å². The van der Waals surface area contributed by atoms with Gasteiger partial charge in [-0.2, -0.15) is 0 Å². The first kappa shape index (κ1) is 18.8. The zero-order chi connectivity index (χ0) is 19.2. The minimum absolute atomic E-state index is 0.306. The summed E-state index contributed by atoms with van der Waals surface area (Å²) in [6.07, 6.45) is 0. The van der Waals surface area contributed by atoms with Gasteiger partial charge in [0.2, 0.25) is 0 Å². The summed E-state index contributed by atoms with van der Waals surface area (Å²) >= 11 is 11.7. The fraction of sp³-hybridized carbons (Fsp3) is 0. The lowest BCUT2D eigenvalue weighted by Crippen LogP contribution is -2.20. The van der Waals surface area contributed by atoms with E-state index < -0.39 is 6.03 Å². The summed E-state index contributed by atoms with van der Waals surface area (Å²) < 4.78 is 0. The number of carbonyl (C=O) groups is 2. The van der Waals surface area contributed by atoms with Crippen molar-refractivity contribution in [3.63, 3.8) is 0 Å². The van der Waals surface area contributed by atoms with Crippen molar-refractivity contribution in [3.8, 4) is 0 Å².